The van der Waals surface area contributed by atoms with Gasteiger partial charge in [0.25, 0.3) is 0 Å². The molecule has 0 bridgehead atoms. The molecule has 0 spiro atoms. The van der Waals surface area contributed by atoms with Crippen molar-refractivity contribution in [1.29, 1.82) is 0 Å². The van der Waals surface area contributed by atoms with Crippen LogP contribution in [0.3, 0.4) is 0 Å². The average Bonchev–Trinajstić information content (AvgIpc) is 2.69. The molecule has 2 aromatic heterocycles. The normalized spacial score (nSPS) is 9.07. The maximum Gasteiger partial charge on any atom is 0.123 e. The minimum Gasteiger partial charge on any atom is -0.265 e. The summed E-state index contributed by atoms with van der Waals surface area (Å²) in [6.07, 6.45) is 3.57. The van der Waals surface area contributed by atoms with Gasteiger partial charge < -0.3 is 0 Å². The van der Waals surface area contributed by atoms with E-state index in [-0.39, 0.29) is 0 Å². The van der Waals surface area contributed by atoms with Gasteiger partial charge in [0, 0.05) is 29.0 Å². The molecule has 0 saturated heterocycles. The zero-order valence-corrected chi connectivity index (χ0v) is 9.51. The average molecular weight is 206 g/mol. The van der Waals surface area contributed by atoms with E-state index in [1.807, 2.05) is 32.9 Å². The van der Waals surface area contributed by atoms with Gasteiger partial charge >= 0.3 is 0 Å². The fourth-order valence-electron chi connectivity index (χ4n) is 0.981. The first kappa shape index (κ1) is 10.9. The Balaban J connectivity index is 0.000000461. The number of rotatable bonds is 1. The Morgan fingerprint density at radius 3 is 2.29 bits per heavy atom. The second-order valence-electron chi connectivity index (χ2n) is 2.53. The van der Waals surface area contributed by atoms with Gasteiger partial charge in [0.05, 0.1) is 0 Å². The van der Waals surface area contributed by atoms with Crippen LogP contribution in [-0.4, -0.2) is 9.97 Å². The Morgan fingerprint density at radius 2 is 1.79 bits per heavy atom. The molecule has 14 heavy (non-hydrogen) atoms. The van der Waals surface area contributed by atoms with Gasteiger partial charge in [-0.3, -0.25) is 4.98 Å². The summed E-state index contributed by atoms with van der Waals surface area (Å²) in [5, 5.41) is 3.12. The maximum atomic E-state index is 4.37. The van der Waals surface area contributed by atoms with Gasteiger partial charge in [0.1, 0.15) is 5.01 Å². The van der Waals surface area contributed by atoms with E-state index in [2.05, 4.69) is 15.3 Å². The zero-order chi connectivity index (χ0) is 10.4. The van der Waals surface area contributed by atoms with Gasteiger partial charge in [-0.05, 0) is 19.1 Å². The maximum absolute atomic E-state index is 4.37. The molecule has 2 heterocycles. The molecule has 0 atom stereocenters. The second kappa shape index (κ2) is 5.50. The summed E-state index contributed by atoms with van der Waals surface area (Å²) in [6.45, 7) is 6.00. The van der Waals surface area contributed by atoms with Crippen molar-refractivity contribution >= 4 is 11.3 Å². The van der Waals surface area contributed by atoms with Crippen LogP contribution in [0.1, 0.15) is 19.5 Å². The molecule has 0 fully saturated rings. The Bertz CT molecular complexity index is 368. The van der Waals surface area contributed by atoms with Gasteiger partial charge in [-0.25, -0.2) is 4.98 Å². The van der Waals surface area contributed by atoms with Crippen LogP contribution in [0.4, 0.5) is 0 Å². The van der Waals surface area contributed by atoms with Crippen LogP contribution in [-0.2, 0) is 0 Å². The highest BCUT2D eigenvalue weighted by molar-refractivity contribution is 7.13. The van der Waals surface area contributed by atoms with Crippen molar-refractivity contribution in [3.05, 3.63) is 35.6 Å². The lowest BCUT2D eigenvalue weighted by molar-refractivity contribution is 1.26. The predicted molar refractivity (Wildman–Crippen MR) is 61.4 cm³/mol. The SMILES string of the molecule is CC.Cc1csc(-c2ccncc2)n1. The van der Waals surface area contributed by atoms with Crippen molar-refractivity contribution in [3.63, 3.8) is 0 Å². The summed E-state index contributed by atoms with van der Waals surface area (Å²) < 4.78 is 0. The fraction of sp³-hybridized carbons (Fsp3) is 0.273. The molecule has 2 nitrogen and oxygen atoms in total. The van der Waals surface area contributed by atoms with E-state index in [9.17, 15) is 0 Å². The molecule has 0 aromatic carbocycles. The summed E-state index contributed by atoms with van der Waals surface area (Å²) in [5.74, 6) is 0. The Labute approximate surface area is 88.7 Å². The predicted octanol–water partition coefficient (Wildman–Crippen LogP) is 3.54. The third kappa shape index (κ3) is 2.64. The lowest BCUT2D eigenvalue weighted by Crippen LogP contribution is -1.76. The lowest BCUT2D eigenvalue weighted by Gasteiger charge is -1.91. The highest BCUT2D eigenvalue weighted by Gasteiger charge is 1.99. The number of hydrogen-bond donors (Lipinski definition) is 0. The first-order chi connectivity index (χ1) is 6.86. The molecule has 74 valence electrons. The van der Waals surface area contributed by atoms with Crippen molar-refractivity contribution in [3.8, 4) is 10.6 Å². The van der Waals surface area contributed by atoms with Crippen LogP contribution in [0.25, 0.3) is 10.6 Å². The van der Waals surface area contributed by atoms with E-state index < -0.39 is 0 Å². The molecular formula is C11H14N2S. The summed E-state index contributed by atoms with van der Waals surface area (Å²) in [4.78, 5) is 8.33. The summed E-state index contributed by atoms with van der Waals surface area (Å²) >= 11 is 1.66. The van der Waals surface area contributed by atoms with E-state index in [1.165, 1.54) is 0 Å². The monoisotopic (exact) mass is 206 g/mol. The molecule has 2 rings (SSSR count). The van der Waals surface area contributed by atoms with Crippen LogP contribution in [0.15, 0.2) is 29.9 Å². The lowest BCUT2D eigenvalue weighted by atomic mass is 10.3. The highest BCUT2D eigenvalue weighted by atomic mass is 32.1. The fourth-order valence-corrected chi connectivity index (χ4v) is 1.78. The van der Waals surface area contributed by atoms with E-state index >= 15 is 0 Å². The van der Waals surface area contributed by atoms with Crippen LogP contribution in [0.2, 0.25) is 0 Å². The van der Waals surface area contributed by atoms with Crippen molar-refractivity contribution in [2.45, 2.75) is 20.8 Å². The minimum atomic E-state index is 1.06. The standard InChI is InChI=1S/C9H8N2S.C2H6/c1-7-6-12-9(11-7)8-2-4-10-5-3-8;1-2/h2-6H,1H3;1-2H3. The third-order valence-electron chi connectivity index (χ3n) is 1.55. The van der Waals surface area contributed by atoms with Gasteiger partial charge in [-0.2, -0.15) is 0 Å². The number of hydrogen-bond acceptors (Lipinski definition) is 3. The molecule has 0 aliphatic carbocycles. The van der Waals surface area contributed by atoms with Gasteiger partial charge in [0.15, 0.2) is 0 Å². The van der Waals surface area contributed by atoms with E-state index in [0.29, 0.717) is 0 Å². The summed E-state index contributed by atoms with van der Waals surface area (Å²) in [7, 11) is 0. The van der Waals surface area contributed by atoms with Crippen LogP contribution in [0, 0.1) is 6.92 Å². The molecule has 2 aromatic rings. The number of aromatic nitrogens is 2. The summed E-state index contributed by atoms with van der Waals surface area (Å²) in [5.41, 5.74) is 2.22. The number of pyridine rings is 1. The first-order valence-electron chi connectivity index (χ1n) is 4.69. The minimum absolute atomic E-state index is 1.06. The summed E-state index contributed by atoms with van der Waals surface area (Å²) in [6, 6.07) is 3.94. The zero-order valence-electron chi connectivity index (χ0n) is 8.69. The molecule has 0 N–H and O–H groups in total. The van der Waals surface area contributed by atoms with Crippen LogP contribution in [0.5, 0.6) is 0 Å². The molecule has 0 unspecified atom stereocenters. The second-order valence-corrected chi connectivity index (χ2v) is 3.39. The van der Waals surface area contributed by atoms with Crippen molar-refractivity contribution in [1.82, 2.24) is 9.97 Å². The van der Waals surface area contributed by atoms with Crippen molar-refractivity contribution < 1.29 is 0 Å². The molecule has 0 aliphatic rings. The number of thiazole rings is 1. The molecule has 0 amide bonds. The van der Waals surface area contributed by atoms with E-state index in [1.54, 1.807) is 23.7 Å². The molecule has 0 radical (unpaired) electrons. The number of nitrogens with zero attached hydrogens (tertiary/aromatic N) is 2. The van der Waals surface area contributed by atoms with Crippen LogP contribution < -0.4 is 0 Å². The third-order valence-corrected chi connectivity index (χ3v) is 2.56. The quantitative estimate of drug-likeness (QED) is 0.713. The Morgan fingerprint density at radius 1 is 1.14 bits per heavy atom. The topological polar surface area (TPSA) is 25.8 Å². The van der Waals surface area contributed by atoms with Crippen molar-refractivity contribution in [2.75, 3.05) is 0 Å². The molecule has 0 saturated carbocycles. The molecular weight excluding hydrogens is 192 g/mol. The molecule has 0 aliphatic heterocycles. The van der Waals surface area contributed by atoms with E-state index in [0.717, 1.165) is 16.3 Å². The van der Waals surface area contributed by atoms with E-state index in [4.69, 9.17) is 0 Å². The van der Waals surface area contributed by atoms with Crippen LogP contribution >= 0.6 is 11.3 Å². The molecule has 3 heteroatoms. The van der Waals surface area contributed by atoms with Gasteiger partial charge in [-0.15, -0.1) is 11.3 Å². The van der Waals surface area contributed by atoms with Gasteiger partial charge in [-0.1, -0.05) is 13.8 Å². The van der Waals surface area contributed by atoms with Crippen molar-refractivity contribution in [2.24, 2.45) is 0 Å². The highest BCUT2D eigenvalue weighted by Crippen LogP contribution is 2.21. The van der Waals surface area contributed by atoms with Gasteiger partial charge in [0.2, 0.25) is 0 Å². The Kier molecular flexibility index (Phi) is 4.26. The smallest absolute Gasteiger partial charge is 0.123 e. The first-order valence-corrected chi connectivity index (χ1v) is 5.57. The largest absolute Gasteiger partial charge is 0.265 e. The number of aryl methyl sites for hydroxylation is 1. The Hall–Kier alpha value is -1.22.